The van der Waals surface area contributed by atoms with E-state index in [1.165, 1.54) is 13.2 Å². The van der Waals surface area contributed by atoms with Gasteiger partial charge < -0.3 is 20.0 Å². The molecule has 0 aliphatic carbocycles. The van der Waals surface area contributed by atoms with Crippen LogP contribution in [-0.2, 0) is 11.8 Å². The van der Waals surface area contributed by atoms with Crippen molar-refractivity contribution in [1.29, 1.82) is 0 Å². The summed E-state index contributed by atoms with van der Waals surface area (Å²) in [4.78, 5) is 27.5. The Labute approximate surface area is 136 Å². The standard InChI is InChI=1S/C16H15N3O5/c1-3-24-16(22)13-15(21)19(23)12(14(20)18(13)2)10-8-17-11-7-5-4-6-9(10)11/h4-8,17,21H,3H2,1-2H3. The van der Waals surface area contributed by atoms with E-state index in [0.717, 1.165) is 10.1 Å². The molecule has 8 nitrogen and oxygen atoms in total. The molecule has 0 unspecified atom stereocenters. The molecule has 2 N–H and O–H groups in total. The van der Waals surface area contributed by atoms with Gasteiger partial charge in [-0.05, 0) is 13.0 Å². The second-order valence-electron chi connectivity index (χ2n) is 5.15. The molecule has 3 rings (SSSR count). The maximum Gasteiger partial charge on any atom is 0.410 e. The second-order valence-corrected chi connectivity index (χ2v) is 5.15. The van der Waals surface area contributed by atoms with Crippen molar-refractivity contribution >= 4 is 16.9 Å². The lowest BCUT2D eigenvalue weighted by Crippen LogP contribution is -2.42. The van der Waals surface area contributed by atoms with Crippen LogP contribution in [0, 0.1) is 5.21 Å². The van der Waals surface area contributed by atoms with Gasteiger partial charge in [-0.25, -0.2) is 4.79 Å². The van der Waals surface area contributed by atoms with Crippen molar-refractivity contribution < 1.29 is 19.4 Å². The molecule has 0 atom stereocenters. The Morgan fingerprint density at radius 3 is 2.83 bits per heavy atom. The van der Waals surface area contributed by atoms with Crippen LogP contribution in [0.25, 0.3) is 22.2 Å². The number of aromatic hydroxyl groups is 1. The number of aromatic nitrogens is 3. The number of H-pyrrole nitrogens is 1. The monoisotopic (exact) mass is 329 g/mol. The zero-order valence-corrected chi connectivity index (χ0v) is 13.1. The molecule has 0 amide bonds. The summed E-state index contributed by atoms with van der Waals surface area (Å²) in [6.45, 7) is 1.63. The van der Waals surface area contributed by atoms with Crippen LogP contribution in [-0.4, -0.2) is 27.2 Å². The average Bonchev–Trinajstić information content (AvgIpc) is 2.98. The Morgan fingerprint density at radius 2 is 2.12 bits per heavy atom. The molecule has 124 valence electrons. The largest absolute Gasteiger partial charge is 0.615 e. The molecule has 0 saturated carbocycles. The summed E-state index contributed by atoms with van der Waals surface area (Å²) >= 11 is 0. The van der Waals surface area contributed by atoms with Crippen LogP contribution in [0.1, 0.15) is 17.4 Å². The predicted octanol–water partition coefficient (Wildman–Crippen LogP) is 1.05. The zero-order valence-electron chi connectivity index (χ0n) is 13.1. The molecule has 3 aromatic rings. The summed E-state index contributed by atoms with van der Waals surface area (Å²) in [6, 6.07) is 7.13. The number of fused-ring (bicyclic) bond motifs is 1. The van der Waals surface area contributed by atoms with Crippen LogP contribution < -0.4 is 10.3 Å². The lowest BCUT2D eigenvalue weighted by atomic mass is 10.1. The van der Waals surface area contributed by atoms with Gasteiger partial charge in [0.05, 0.1) is 12.2 Å². The second kappa shape index (κ2) is 5.73. The van der Waals surface area contributed by atoms with Gasteiger partial charge in [0.25, 0.3) is 5.69 Å². The summed E-state index contributed by atoms with van der Waals surface area (Å²) in [7, 11) is 1.30. The van der Waals surface area contributed by atoms with Crippen molar-refractivity contribution in [2.45, 2.75) is 6.92 Å². The first kappa shape index (κ1) is 15.6. The van der Waals surface area contributed by atoms with Gasteiger partial charge in [0.15, 0.2) is 0 Å². The van der Waals surface area contributed by atoms with Gasteiger partial charge in [0, 0.05) is 24.1 Å². The van der Waals surface area contributed by atoms with Gasteiger partial charge in [-0.15, -0.1) is 4.73 Å². The number of ether oxygens (including phenoxy) is 1. The fourth-order valence-corrected chi connectivity index (χ4v) is 2.62. The third-order valence-electron chi connectivity index (χ3n) is 3.76. The molecule has 0 bridgehead atoms. The first-order valence-corrected chi connectivity index (χ1v) is 7.26. The molecular weight excluding hydrogens is 314 g/mol. The van der Waals surface area contributed by atoms with E-state index in [1.807, 2.05) is 6.07 Å². The highest BCUT2D eigenvalue weighted by Crippen LogP contribution is 2.25. The van der Waals surface area contributed by atoms with Crippen molar-refractivity contribution in [3.63, 3.8) is 0 Å². The summed E-state index contributed by atoms with van der Waals surface area (Å²) in [5.74, 6) is -1.82. The van der Waals surface area contributed by atoms with Crippen LogP contribution in [0.2, 0.25) is 0 Å². The lowest BCUT2D eigenvalue weighted by molar-refractivity contribution is -0.603. The minimum Gasteiger partial charge on any atom is -0.615 e. The van der Waals surface area contributed by atoms with E-state index in [2.05, 4.69) is 4.98 Å². The molecule has 2 aromatic heterocycles. The number of aromatic amines is 1. The molecule has 0 aliphatic rings. The zero-order chi connectivity index (χ0) is 17.4. The van der Waals surface area contributed by atoms with Crippen molar-refractivity contribution in [2.75, 3.05) is 6.61 Å². The molecule has 0 saturated heterocycles. The van der Waals surface area contributed by atoms with Crippen molar-refractivity contribution in [1.82, 2.24) is 9.55 Å². The van der Waals surface area contributed by atoms with E-state index in [1.54, 1.807) is 25.1 Å². The van der Waals surface area contributed by atoms with Crippen LogP contribution >= 0.6 is 0 Å². The molecule has 0 spiro atoms. The van der Waals surface area contributed by atoms with Crippen molar-refractivity contribution in [3.8, 4) is 17.1 Å². The van der Waals surface area contributed by atoms with Gasteiger partial charge in [-0.3, -0.25) is 9.36 Å². The maximum absolute atomic E-state index is 12.6. The van der Waals surface area contributed by atoms with E-state index in [9.17, 15) is 19.9 Å². The highest BCUT2D eigenvalue weighted by atomic mass is 16.5. The quantitative estimate of drug-likeness (QED) is 0.424. The molecule has 0 fully saturated rings. The van der Waals surface area contributed by atoms with Crippen LogP contribution in [0.15, 0.2) is 35.3 Å². The first-order chi connectivity index (χ1) is 11.5. The van der Waals surface area contributed by atoms with Gasteiger partial charge in [-0.1, -0.05) is 18.2 Å². The Hall–Kier alpha value is -3.29. The number of esters is 1. The van der Waals surface area contributed by atoms with E-state index in [-0.39, 0.29) is 17.0 Å². The fraction of sp³-hybridized carbons (Fsp3) is 0.188. The molecule has 24 heavy (non-hydrogen) atoms. The lowest BCUT2D eigenvalue weighted by Gasteiger charge is -2.11. The van der Waals surface area contributed by atoms with Gasteiger partial charge in [0.2, 0.25) is 5.69 Å². The topological polar surface area (TPSA) is 111 Å². The molecule has 1 aromatic carbocycles. The summed E-state index contributed by atoms with van der Waals surface area (Å²) < 4.78 is 5.76. The van der Waals surface area contributed by atoms with Crippen molar-refractivity contribution in [3.05, 3.63) is 51.7 Å². The Bertz CT molecular complexity index is 1000. The fourth-order valence-electron chi connectivity index (χ4n) is 2.62. The van der Waals surface area contributed by atoms with E-state index in [4.69, 9.17) is 4.74 Å². The summed E-state index contributed by atoms with van der Waals surface area (Å²) in [5, 5.41) is 23.2. The molecular formula is C16H15N3O5. The number of carbonyl (C=O) groups is 1. The summed E-state index contributed by atoms with van der Waals surface area (Å²) in [5.41, 5.74) is -0.396. The number of benzene rings is 1. The smallest absolute Gasteiger partial charge is 0.410 e. The van der Waals surface area contributed by atoms with Crippen LogP contribution in [0.5, 0.6) is 5.88 Å². The minimum absolute atomic E-state index is 0.0511. The molecule has 8 heteroatoms. The normalized spacial score (nSPS) is 10.9. The van der Waals surface area contributed by atoms with Gasteiger partial charge in [0.1, 0.15) is 0 Å². The first-order valence-electron chi connectivity index (χ1n) is 7.26. The number of rotatable bonds is 3. The Balaban J connectivity index is 2.32. The number of para-hydroxylation sites is 1. The van der Waals surface area contributed by atoms with E-state index >= 15 is 0 Å². The predicted molar refractivity (Wildman–Crippen MR) is 85.6 cm³/mol. The Kier molecular flexibility index (Phi) is 3.72. The number of nitrogens with zero attached hydrogens (tertiary/aromatic N) is 2. The third-order valence-corrected chi connectivity index (χ3v) is 3.76. The average molecular weight is 329 g/mol. The highest BCUT2D eigenvalue weighted by Gasteiger charge is 2.31. The highest BCUT2D eigenvalue weighted by molar-refractivity contribution is 5.94. The molecule has 2 heterocycles. The van der Waals surface area contributed by atoms with Gasteiger partial charge in [-0.2, -0.15) is 0 Å². The number of carbonyl (C=O) groups excluding carboxylic acids is 1. The van der Waals surface area contributed by atoms with Crippen LogP contribution in [0.3, 0.4) is 0 Å². The summed E-state index contributed by atoms with van der Waals surface area (Å²) in [6.07, 6.45) is 1.51. The number of hydrogen-bond donors (Lipinski definition) is 2. The maximum atomic E-state index is 12.6. The molecule has 0 aliphatic heterocycles. The number of hydrogen-bond acceptors (Lipinski definition) is 5. The van der Waals surface area contributed by atoms with Crippen LogP contribution in [0.4, 0.5) is 0 Å². The van der Waals surface area contributed by atoms with Crippen molar-refractivity contribution in [2.24, 2.45) is 7.05 Å². The van der Waals surface area contributed by atoms with E-state index in [0.29, 0.717) is 10.9 Å². The third kappa shape index (κ3) is 2.19. The number of nitrogens with one attached hydrogen (secondary N) is 1. The Morgan fingerprint density at radius 1 is 1.42 bits per heavy atom. The minimum atomic E-state index is -0.940. The SMILES string of the molecule is CCOC(=O)c1c(O)[n+]([O-])c(-c2c[nH]c3ccccc23)c(=O)n1C. The van der Waals surface area contributed by atoms with E-state index < -0.39 is 23.1 Å². The van der Waals surface area contributed by atoms with Gasteiger partial charge >= 0.3 is 17.4 Å². The molecule has 0 radical (unpaired) electrons.